The molecule has 6 atom stereocenters. The van der Waals surface area contributed by atoms with Gasteiger partial charge in [-0.15, -0.1) is 0 Å². The Balaban J connectivity index is 1.28. The lowest BCUT2D eigenvalue weighted by Crippen LogP contribution is -2.54. The van der Waals surface area contributed by atoms with Gasteiger partial charge in [0, 0.05) is 24.9 Å². The van der Waals surface area contributed by atoms with Crippen LogP contribution in [-0.2, 0) is 18.3 Å². The molecule has 7 heteroatoms. The second-order valence-electron chi connectivity index (χ2n) is 9.61. The lowest BCUT2D eigenvalue weighted by molar-refractivity contribution is -0.125. The number of hydrogen-bond acceptors (Lipinski definition) is 4. The Bertz CT molecular complexity index is 1260. The van der Waals surface area contributed by atoms with Gasteiger partial charge in [0.15, 0.2) is 0 Å². The maximum absolute atomic E-state index is 15.0. The first kappa shape index (κ1) is 21.6. The summed E-state index contributed by atoms with van der Waals surface area (Å²) in [5.41, 5.74) is 3.04. The SMILES string of the molecule is C[C@@H]1[C@H](C)[C@@H]2C[C@H]1[C@@H](C(=O)N[C@H](C#N)Cc1ccc(-c3ccc4cnn(C)c4c3)cc1F)N2. The lowest BCUT2D eigenvalue weighted by atomic mass is 9.84. The van der Waals surface area contributed by atoms with Crippen LogP contribution in [0, 0.1) is 34.9 Å². The molecule has 1 saturated heterocycles. The van der Waals surface area contributed by atoms with E-state index >= 15 is 0 Å². The predicted octanol–water partition coefficient (Wildman–Crippen LogP) is 3.56. The van der Waals surface area contributed by atoms with Crippen molar-refractivity contribution in [3.8, 4) is 17.2 Å². The number of carbonyl (C=O) groups excluding carboxylic acids is 1. The second kappa shape index (κ2) is 8.27. The number of hydrogen-bond donors (Lipinski definition) is 2. The van der Waals surface area contributed by atoms with E-state index in [-0.39, 0.29) is 30.1 Å². The fraction of sp³-hybridized carbons (Fsp3) is 0.423. The monoisotopic (exact) mass is 445 g/mol. The van der Waals surface area contributed by atoms with Crippen molar-refractivity contribution < 1.29 is 9.18 Å². The van der Waals surface area contributed by atoms with Gasteiger partial charge in [0.2, 0.25) is 5.91 Å². The molecule has 6 nitrogen and oxygen atoms in total. The van der Waals surface area contributed by atoms with Crippen molar-refractivity contribution in [3.05, 3.63) is 54.0 Å². The van der Waals surface area contributed by atoms with E-state index in [1.807, 2.05) is 31.3 Å². The average molecular weight is 446 g/mol. The zero-order valence-corrected chi connectivity index (χ0v) is 19.0. The van der Waals surface area contributed by atoms with Crippen LogP contribution in [0.25, 0.3) is 22.0 Å². The summed E-state index contributed by atoms with van der Waals surface area (Å²) in [6.07, 6.45) is 2.92. The highest BCUT2D eigenvalue weighted by molar-refractivity contribution is 5.84. The van der Waals surface area contributed by atoms with Crippen molar-refractivity contribution >= 4 is 16.8 Å². The standard InChI is InChI=1S/C26H28FN5O/c1-14-15(2)23-11-21(14)25(31-23)26(33)30-20(12-28)8-18-6-4-16(9-22(18)27)17-5-7-19-13-29-32(3)24(19)10-17/h4-7,9-10,13-15,20-21,23,25,31H,8,11H2,1-3H3,(H,30,33)/t14-,15+,20+,21-,23+,25+/m1/s1. The normalized spacial score (nSPS) is 26.9. The van der Waals surface area contributed by atoms with Gasteiger partial charge in [0.1, 0.15) is 11.9 Å². The molecule has 2 bridgehead atoms. The van der Waals surface area contributed by atoms with Crippen LogP contribution in [0.2, 0.25) is 0 Å². The van der Waals surface area contributed by atoms with Crippen LogP contribution in [0.3, 0.4) is 0 Å². The molecule has 2 aliphatic rings. The largest absolute Gasteiger partial charge is 0.339 e. The minimum Gasteiger partial charge on any atom is -0.339 e. The molecule has 170 valence electrons. The Morgan fingerprint density at radius 1 is 1.27 bits per heavy atom. The van der Waals surface area contributed by atoms with Crippen LogP contribution in [0.4, 0.5) is 4.39 Å². The zero-order chi connectivity index (χ0) is 23.3. The van der Waals surface area contributed by atoms with Gasteiger partial charge < -0.3 is 10.6 Å². The summed E-state index contributed by atoms with van der Waals surface area (Å²) >= 11 is 0. The van der Waals surface area contributed by atoms with Gasteiger partial charge in [-0.1, -0.05) is 38.1 Å². The van der Waals surface area contributed by atoms with E-state index in [4.69, 9.17) is 0 Å². The molecule has 3 aromatic rings. The van der Waals surface area contributed by atoms with Crippen LogP contribution in [0.15, 0.2) is 42.6 Å². The number of nitrogens with zero attached hydrogens (tertiary/aromatic N) is 3. The Kier molecular flexibility index (Phi) is 5.41. The van der Waals surface area contributed by atoms with Crippen LogP contribution in [-0.4, -0.2) is 33.8 Å². The first-order valence-corrected chi connectivity index (χ1v) is 11.5. The van der Waals surface area contributed by atoms with E-state index in [9.17, 15) is 14.4 Å². The maximum Gasteiger partial charge on any atom is 0.238 e. The molecule has 5 rings (SSSR count). The molecule has 1 aliphatic carbocycles. The number of aromatic nitrogens is 2. The fourth-order valence-electron chi connectivity index (χ4n) is 5.59. The van der Waals surface area contributed by atoms with Crippen LogP contribution >= 0.6 is 0 Å². The molecule has 1 aromatic heterocycles. The van der Waals surface area contributed by atoms with E-state index in [1.165, 1.54) is 6.07 Å². The fourth-order valence-corrected chi connectivity index (χ4v) is 5.59. The van der Waals surface area contributed by atoms with Crippen molar-refractivity contribution in [2.75, 3.05) is 0 Å². The van der Waals surface area contributed by atoms with Gasteiger partial charge in [-0.25, -0.2) is 4.39 Å². The topological polar surface area (TPSA) is 82.7 Å². The number of halogens is 1. The minimum absolute atomic E-state index is 0.127. The number of amides is 1. The Morgan fingerprint density at radius 2 is 2.03 bits per heavy atom. The number of nitrogens with one attached hydrogen (secondary N) is 2. The van der Waals surface area contributed by atoms with Crippen molar-refractivity contribution in [2.45, 2.75) is 44.8 Å². The van der Waals surface area contributed by atoms with Crippen molar-refractivity contribution in [2.24, 2.45) is 24.8 Å². The third-order valence-electron chi connectivity index (χ3n) is 7.80. The number of fused-ring (bicyclic) bond motifs is 3. The van der Waals surface area contributed by atoms with Crippen LogP contribution in [0.1, 0.15) is 25.8 Å². The van der Waals surface area contributed by atoms with E-state index in [0.717, 1.165) is 28.5 Å². The highest BCUT2D eigenvalue weighted by Gasteiger charge is 2.51. The summed E-state index contributed by atoms with van der Waals surface area (Å²) in [5.74, 6) is 0.777. The summed E-state index contributed by atoms with van der Waals surface area (Å²) < 4.78 is 16.8. The third kappa shape index (κ3) is 3.79. The number of nitriles is 1. The Morgan fingerprint density at radius 3 is 2.73 bits per heavy atom. The number of carbonyl (C=O) groups is 1. The van der Waals surface area contributed by atoms with E-state index < -0.39 is 6.04 Å². The number of piperidine rings is 1. The van der Waals surface area contributed by atoms with Gasteiger partial charge in [-0.05, 0) is 53.0 Å². The average Bonchev–Trinajstić information content (AvgIpc) is 3.49. The number of aryl methyl sites for hydroxylation is 1. The highest BCUT2D eigenvalue weighted by Crippen LogP contribution is 2.44. The smallest absolute Gasteiger partial charge is 0.238 e. The quantitative estimate of drug-likeness (QED) is 0.629. The van der Waals surface area contributed by atoms with Gasteiger partial charge >= 0.3 is 0 Å². The third-order valence-corrected chi connectivity index (χ3v) is 7.80. The number of benzene rings is 2. The molecule has 2 heterocycles. The molecular weight excluding hydrogens is 417 g/mol. The Labute approximate surface area is 192 Å². The molecular formula is C26H28FN5O. The summed E-state index contributed by atoms with van der Waals surface area (Å²) in [5, 5.41) is 21.1. The minimum atomic E-state index is -0.780. The van der Waals surface area contributed by atoms with Crippen molar-refractivity contribution in [1.29, 1.82) is 5.26 Å². The molecule has 0 spiro atoms. The van der Waals surface area contributed by atoms with E-state index in [1.54, 1.807) is 16.9 Å². The summed E-state index contributed by atoms with van der Waals surface area (Å²) in [4.78, 5) is 12.9. The molecule has 1 aliphatic heterocycles. The predicted molar refractivity (Wildman–Crippen MR) is 125 cm³/mol. The first-order valence-electron chi connectivity index (χ1n) is 11.5. The van der Waals surface area contributed by atoms with Gasteiger partial charge in [0.05, 0.1) is 23.8 Å². The summed E-state index contributed by atoms with van der Waals surface area (Å²) in [6.45, 7) is 4.41. The molecule has 2 N–H and O–H groups in total. The van der Waals surface area contributed by atoms with Gasteiger partial charge in [-0.2, -0.15) is 10.4 Å². The van der Waals surface area contributed by atoms with Gasteiger partial charge in [0.25, 0.3) is 0 Å². The zero-order valence-electron chi connectivity index (χ0n) is 19.0. The van der Waals surface area contributed by atoms with Gasteiger partial charge in [-0.3, -0.25) is 9.48 Å². The molecule has 0 radical (unpaired) electrons. The van der Waals surface area contributed by atoms with Crippen LogP contribution in [0.5, 0.6) is 0 Å². The van der Waals surface area contributed by atoms with E-state index in [2.05, 4.69) is 35.6 Å². The Hall–Kier alpha value is -3.24. The summed E-state index contributed by atoms with van der Waals surface area (Å²) in [7, 11) is 1.87. The van der Waals surface area contributed by atoms with Crippen LogP contribution < -0.4 is 10.6 Å². The highest BCUT2D eigenvalue weighted by atomic mass is 19.1. The van der Waals surface area contributed by atoms with Crippen molar-refractivity contribution in [1.82, 2.24) is 20.4 Å². The number of rotatable bonds is 5. The lowest BCUT2D eigenvalue weighted by Gasteiger charge is -2.32. The molecule has 0 unspecified atom stereocenters. The first-order chi connectivity index (χ1) is 15.9. The second-order valence-corrected chi connectivity index (χ2v) is 9.61. The molecule has 1 saturated carbocycles. The molecule has 2 aromatic carbocycles. The maximum atomic E-state index is 15.0. The molecule has 33 heavy (non-hydrogen) atoms. The molecule has 2 fully saturated rings. The summed E-state index contributed by atoms with van der Waals surface area (Å²) in [6, 6.07) is 12.4. The van der Waals surface area contributed by atoms with Crippen molar-refractivity contribution in [3.63, 3.8) is 0 Å². The van der Waals surface area contributed by atoms with E-state index in [0.29, 0.717) is 23.4 Å². The molecule has 1 amide bonds.